The second-order valence-corrected chi connectivity index (χ2v) is 4.99. The first-order valence-corrected chi connectivity index (χ1v) is 6.31. The number of benzene rings is 1. The highest BCUT2D eigenvalue weighted by Gasteiger charge is 2.11. The first-order valence-electron chi connectivity index (χ1n) is 5.55. The molecule has 0 unspecified atom stereocenters. The van der Waals surface area contributed by atoms with Crippen molar-refractivity contribution >= 4 is 28.7 Å². The van der Waals surface area contributed by atoms with Crippen molar-refractivity contribution in [3.05, 3.63) is 58.3 Å². The molecule has 0 fully saturated rings. The van der Waals surface area contributed by atoms with Crippen LogP contribution in [0.5, 0.6) is 0 Å². The topological polar surface area (TPSA) is 17.3 Å². The van der Waals surface area contributed by atoms with Crippen molar-refractivity contribution in [2.45, 2.75) is 6.92 Å². The van der Waals surface area contributed by atoms with Crippen LogP contribution in [0, 0.1) is 6.92 Å². The molecule has 0 radical (unpaired) electrons. The van der Waals surface area contributed by atoms with Gasteiger partial charge in [0.25, 0.3) is 0 Å². The summed E-state index contributed by atoms with van der Waals surface area (Å²) in [5.41, 5.74) is 3.01. The van der Waals surface area contributed by atoms with Gasteiger partial charge in [0.2, 0.25) is 0 Å². The molecule has 0 saturated carbocycles. The van der Waals surface area contributed by atoms with Gasteiger partial charge < -0.3 is 0 Å². The van der Waals surface area contributed by atoms with E-state index in [0.717, 1.165) is 22.5 Å². The quantitative estimate of drug-likeness (QED) is 0.634. The minimum Gasteiger partial charge on any atom is -0.298 e. The third kappa shape index (κ3) is 1.88. The third-order valence-corrected chi connectivity index (χ3v) is 3.34. The van der Waals surface area contributed by atoms with Gasteiger partial charge in [0.1, 0.15) is 5.82 Å². The number of rotatable bonds is 1. The molecule has 0 aliphatic heterocycles. The van der Waals surface area contributed by atoms with Crippen molar-refractivity contribution < 1.29 is 0 Å². The molecular weight excluding hydrogens is 267 g/mol. The molecule has 0 aliphatic rings. The van der Waals surface area contributed by atoms with Crippen molar-refractivity contribution in [2.75, 3.05) is 0 Å². The number of aromatic nitrogens is 2. The highest BCUT2D eigenvalue weighted by Crippen LogP contribution is 2.27. The van der Waals surface area contributed by atoms with Crippen LogP contribution < -0.4 is 0 Å². The second kappa shape index (κ2) is 4.30. The van der Waals surface area contributed by atoms with Crippen molar-refractivity contribution in [2.24, 2.45) is 0 Å². The maximum Gasteiger partial charge on any atom is 0.155 e. The van der Waals surface area contributed by atoms with E-state index < -0.39 is 0 Å². The normalized spacial score (nSPS) is 11.1. The number of halogens is 2. The fourth-order valence-electron chi connectivity index (χ4n) is 1.99. The largest absolute Gasteiger partial charge is 0.298 e. The van der Waals surface area contributed by atoms with E-state index in [0.29, 0.717) is 10.2 Å². The summed E-state index contributed by atoms with van der Waals surface area (Å²) < 4.78 is 1.99. The Kier molecular flexibility index (Phi) is 2.77. The van der Waals surface area contributed by atoms with Crippen LogP contribution in [0.1, 0.15) is 5.56 Å². The minimum absolute atomic E-state index is 0.505. The smallest absolute Gasteiger partial charge is 0.155 e. The fourth-order valence-corrected chi connectivity index (χ4v) is 2.41. The Balaban J connectivity index is 2.32. The molecule has 0 spiro atoms. The molecule has 0 amide bonds. The lowest BCUT2D eigenvalue weighted by Crippen LogP contribution is -1.90. The SMILES string of the molecule is Cc1ccc2c(Cl)nc(-c3cccc(Cl)c3)n2c1. The molecule has 0 saturated heterocycles. The van der Waals surface area contributed by atoms with Gasteiger partial charge in [-0.05, 0) is 30.7 Å². The van der Waals surface area contributed by atoms with Crippen LogP contribution in [0.4, 0.5) is 0 Å². The van der Waals surface area contributed by atoms with Crippen LogP contribution in [0.2, 0.25) is 10.2 Å². The molecule has 90 valence electrons. The van der Waals surface area contributed by atoms with Crippen LogP contribution in [-0.4, -0.2) is 9.38 Å². The lowest BCUT2D eigenvalue weighted by Gasteiger charge is -2.02. The Morgan fingerprint density at radius 2 is 1.94 bits per heavy atom. The average Bonchev–Trinajstić information content (AvgIpc) is 2.66. The van der Waals surface area contributed by atoms with Gasteiger partial charge >= 0.3 is 0 Å². The van der Waals surface area contributed by atoms with Crippen molar-refractivity contribution in [3.63, 3.8) is 0 Å². The van der Waals surface area contributed by atoms with Gasteiger partial charge in [0, 0.05) is 16.8 Å². The van der Waals surface area contributed by atoms with E-state index in [2.05, 4.69) is 4.98 Å². The molecule has 1 aromatic carbocycles. The van der Waals surface area contributed by atoms with Gasteiger partial charge in [-0.2, -0.15) is 0 Å². The zero-order chi connectivity index (χ0) is 12.7. The Labute approximate surface area is 115 Å². The summed E-state index contributed by atoms with van der Waals surface area (Å²) >= 11 is 12.2. The van der Waals surface area contributed by atoms with E-state index in [9.17, 15) is 0 Å². The zero-order valence-electron chi connectivity index (χ0n) is 9.69. The van der Waals surface area contributed by atoms with Gasteiger partial charge in [0.05, 0.1) is 5.52 Å². The Hall–Kier alpha value is -1.51. The number of hydrogen-bond acceptors (Lipinski definition) is 1. The molecule has 3 rings (SSSR count). The minimum atomic E-state index is 0.505. The Morgan fingerprint density at radius 1 is 1.11 bits per heavy atom. The van der Waals surface area contributed by atoms with Gasteiger partial charge in [-0.15, -0.1) is 0 Å². The number of aryl methyl sites for hydroxylation is 1. The average molecular weight is 277 g/mol. The first-order chi connectivity index (χ1) is 8.65. The van der Waals surface area contributed by atoms with Crippen molar-refractivity contribution in [1.29, 1.82) is 0 Å². The van der Waals surface area contributed by atoms with Crippen LogP contribution in [0.3, 0.4) is 0 Å². The number of hydrogen-bond donors (Lipinski definition) is 0. The van der Waals surface area contributed by atoms with Gasteiger partial charge in [-0.25, -0.2) is 4.98 Å². The zero-order valence-corrected chi connectivity index (χ0v) is 11.2. The lowest BCUT2D eigenvalue weighted by atomic mass is 10.2. The summed E-state index contributed by atoms with van der Waals surface area (Å²) in [6.07, 6.45) is 2.02. The molecule has 0 aliphatic carbocycles. The van der Waals surface area contributed by atoms with Crippen LogP contribution in [-0.2, 0) is 0 Å². The fraction of sp³-hybridized carbons (Fsp3) is 0.0714. The third-order valence-electron chi connectivity index (χ3n) is 2.82. The molecule has 2 aromatic heterocycles. The molecule has 4 heteroatoms. The highest BCUT2D eigenvalue weighted by molar-refractivity contribution is 6.33. The number of fused-ring (bicyclic) bond motifs is 1. The molecule has 0 N–H and O–H groups in total. The summed E-state index contributed by atoms with van der Waals surface area (Å²) in [4.78, 5) is 4.41. The highest BCUT2D eigenvalue weighted by atomic mass is 35.5. The first kappa shape index (κ1) is 11.6. The van der Waals surface area contributed by atoms with E-state index in [1.807, 2.05) is 53.9 Å². The van der Waals surface area contributed by atoms with Gasteiger partial charge in [0.15, 0.2) is 5.15 Å². The molecule has 2 nitrogen and oxygen atoms in total. The monoisotopic (exact) mass is 276 g/mol. The summed E-state index contributed by atoms with van der Waals surface area (Å²) in [7, 11) is 0. The summed E-state index contributed by atoms with van der Waals surface area (Å²) in [6, 6.07) is 11.6. The van der Waals surface area contributed by atoms with E-state index >= 15 is 0 Å². The maximum atomic E-state index is 6.15. The summed E-state index contributed by atoms with van der Waals surface area (Å²) in [6.45, 7) is 2.04. The summed E-state index contributed by atoms with van der Waals surface area (Å²) in [5.74, 6) is 0.807. The number of nitrogens with zero attached hydrogens (tertiary/aromatic N) is 2. The van der Waals surface area contributed by atoms with Crippen molar-refractivity contribution in [3.8, 4) is 11.4 Å². The van der Waals surface area contributed by atoms with Crippen LogP contribution >= 0.6 is 23.2 Å². The van der Waals surface area contributed by atoms with Crippen molar-refractivity contribution in [1.82, 2.24) is 9.38 Å². The Morgan fingerprint density at radius 3 is 2.72 bits per heavy atom. The van der Waals surface area contributed by atoms with Crippen LogP contribution in [0.25, 0.3) is 16.9 Å². The molecule has 3 aromatic rings. The van der Waals surface area contributed by atoms with Crippen LogP contribution in [0.15, 0.2) is 42.6 Å². The maximum absolute atomic E-state index is 6.15. The lowest BCUT2D eigenvalue weighted by molar-refractivity contribution is 1.14. The predicted molar refractivity (Wildman–Crippen MR) is 75.4 cm³/mol. The van der Waals surface area contributed by atoms with E-state index in [1.54, 1.807) is 0 Å². The standard InChI is InChI=1S/C14H10Cl2N2/c1-9-5-6-12-13(16)17-14(18(12)8-9)10-3-2-4-11(15)7-10/h2-8H,1H3. The van der Waals surface area contributed by atoms with E-state index in [-0.39, 0.29) is 0 Å². The summed E-state index contributed by atoms with van der Waals surface area (Å²) in [5, 5.41) is 1.19. The molecule has 2 heterocycles. The Bertz CT molecular complexity index is 732. The van der Waals surface area contributed by atoms with Gasteiger partial charge in [-0.3, -0.25) is 4.40 Å². The second-order valence-electron chi connectivity index (χ2n) is 4.20. The molecule has 0 atom stereocenters. The number of pyridine rings is 1. The molecule has 0 bridgehead atoms. The van der Waals surface area contributed by atoms with Gasteiger partial charge in [-0.1, -0.05) is 41.4 Å². The molecule has 18 heavy (non-hydrogen) atoms. The van der Waals surface area contributed by atoms with E-state index in [4.69, 9.17) is 23.2 Å². The predicted octanol–water partition coefficient (Wildman–Crippen LogP) is 4.62. The number of imidazole rings is 1. The molecular formula is C14H10Cl2N2. The van der Waals surface area contributed by atoms with E-state index in [1.165, 1.54) is 0 Å².